The number of hydrogen-bond donors (Lipinski definition) is 2. The smallest absolute Gasteiger partial charge is 0.258 e. The van der Waals surface area contributed by atoms with E-state index in [0.29, 0.717) is 17.3 Å². The van der Waals surface area contributed by atoms with Crippen LogP contribution in [0.5, 0.6) is 5.75 Å². The minimum Gasteiger partial charge on any atom is -0.484 e. The van der Waals surface area contributed by atoms with Gasteiger partial charge >= 0.3 is 0 Å². The molecule has 1 aliphatic carbocycles. The van der Waals surface area contributed by atoms with Crippen molar-refractivity contribution in [2.45, 2.75) is 44.1 Å². The quantitative estimate of drug-likeness (QED) is 0.822. The van der Waals surface area contributed by atoms with Crippen LogP contribution in [0.2, 0.25) is 5.02 Å². The second-order valence-electron chi connectivity index (χ2n) is 5.66. The van der Waals surface area contributed by atoms with Gasteiger partial charge in [0.1, 0.15) is 5.75 Å². The Morgan fingerprint density at radius 2 is 2.00 bits per heavy atom. The third kappa shape index (κ3) is 5.56. The summed E-state index contributed by atoms with van der Waals surface area (Å²) in [7, 11) is 0. The molecule has 0 saturated heterocycles. The fraction of sp³-hybridized carbons (Fsp3) is 0.562. The number of carbonyl (C=O) groups excluding carboxylic acids is 1. The number of amides is 1. The van der Waals surface area contributed by atoms with E-state index in [1.807, 2.05) is 0 Å². The molecule has 1 saturated carbocycles. The molecular formula is C16H22ClNO3. The molecule has 5 heteroatoms. The van der Waals surface area contributed by atoms with Crippen LogP contribution in [0, 0.1) is 0 Å². The van der Waals surface area contributed by atoms with Crippen molar-refractivity contribution < 1.29 is 14.6 Å². The van der Waals surface area contributed by atoms with Crippen molar-refractivity contribution in [3.05, 3.63) is 29.3 Å². The first-order valence-corrected chi connectivity index (χ1v) is 7.83. The van der Waals surface area contributed by atoms with Crippen molar-refractivity contribution in [1.82, 2.24) is 5.32 Å². The highest BCUT2D eigenvalue weighted by atomic mass is 35.5. The van der Waals surface area contributed by atoms with Crippen LogP contribution < -0.4 is 10.1 Å². The molecule has 0 bridgehead atoms. The van der Waals surface area contributed by atoms with Crippen LogP contribution >= 0.6 is 11.6 Å². The van der Waals surface area contributed by atoms with Gasteiger partial charge in [-0.05, 0) is 31.0 Å². The first-order chi connectivity index (χ1) is 10.1. The van der Waals surface area contributed by atoms with E-state index in [2.05, 4.69) is 5.32 Å². The first kappa shape index (κ1) is 16.1. The summed E-state index contributed by atoms with van der Waals surface area (Å²) in [4.78, 5) is 11.8. The summed E-state index contributed by atoms with van der Waals surface area (Å²) in [6.07, 6.45) is 5.86. The van der Waals surface area contributed by atoms with Gasteiger partial charge in [0.2, 0.25) is 0 Å². The van der Waals surface area contributed by atoms with Crippen LogP contribution in [-0.2, 0) is 4.79 Å². The SMILES string of the molecule is O=C(COc1cccc(Cl)c1)NCC1(O)CCCCCC1. The number of benzene rings is 1. The van der Waals surface area contributed by atoms with E-state index in [0.717, 1.165) is 38.5 Å². The molecule has 4 nitrogen and oxygen atoms in total. The molecule has 0 heterocycles. The largest absolute Gasteiger partial charge is 0.484 e. The molecule has 0 atom stereocenters. The third-order valence-electron chi connectivity index (χ3n) is 3.81. The zero-order valence-electron chi connectivity index (χ0n) is 12.1. The van der Waals surface area contributed by atoms with E-state index in [1.54, 1.807) is 24.3 Å². The number of hydrogen-bond acceptors (Lipinski definition) is 3. The van der Waals surface area contributed by atoms with Crippen molar-refractivity contribution in [3.8, 4) is 5.75 Å². The number of carbonyl (C=O) groups is 1. The molecule has 2 N–H and O–H groups in total. The van der Waals surface area contributed by atoms with Crippen LogP contribution in [0.25, 0.3) is 0 Å². The van der Waals surface area contributed by atoms with Crippen LogP contribution in [0.15, 0.2) is 24.3 Å². The van der Waals surface area contributed by atoms with Gasteiger partial charge in [-0.25, -0.2) is 0 Å². The van der Waals surface area contributed by atoms with Crippen LogP contribution in [-0.4, -0.2) is 29.8 Å². The molecule has 0 aromatic heterocycles. The van der Waals surface area contributed by atoms with E-state index in [9.17, 15) is 9.90 Å². The highest BCUT2D eigenvalue weighted by molar-refractivity contribution is 6.30. The molecule has 21 heavy (non-hydrogen) atoms. The first-order valence-electron chi connectivity index (χ1n) is 7.45. The topological polar surface area (TPSA) is 58.6 Å². The summed E-state index contributed by atoms with van der Waals surface area (Å²) in [5, 5.41) is 13.8. The van der Waals surface area contributed by atoms with Crippen molar-refractivity contribution in [2.75, 3.05) is 13.2 Å². The highest BCUT2D eigenvalue weighted by Gasteiger charge is 2.28. The number of ether oxygens (including phenoxy) is 1. The van der Waals surface area contributed by atoms with E-state index >= 15 is 0 Å². The Morgan fingerprint density at radius 1 is 1.29 bits per heavy atom. The summed E-state index contributed by atoms with van der Waals surface area (Å²) in [5.74, 6) is 0.332. The molecule has 1 fully saturated rings. The van der Waals surface area contributed by atoms with Gasteiger partial charge in [-0.15, -0.1) is 0 Å². The lowest BCUT2D eigenvalue weighted by atomic mass is 9.94. The lowest BCUT2D eigenvalue weighted by Gasteiger charge is -2.26. The second-order valence-corrected chi connectivity index (χ2v) is 6.10. The average molecular weight is 312 g/mol. The monoisotopic (exact) mass is 311 g/mol. The van der Waals surface area contributed by atoms with Crippen molar-refractivity contribution in [1.29, 1.82) is 0 Å². The molecular weight excluding hydrogens is 290 g/mol. The van der Waals surface area contributed by atoms with Crippen molar-refractivity contribution in [2.24, 2.45) is 0 Å². The Morgan fingerprint density at radius 3 is 2.67 bits per heavy atom. The number of nitrogens with one attached hydrogen (secondary N) is 1. The van der Waals surface area contributed by atoms with Crippen LogP contribution in [0.1, 0.15) is 38.5 Å². The number of aliphatic hydroxyl groups is 1. The predicted octanol–water partition coefficient (Wildman–Crippen LogP) is 2.92. The molecule has 0 aliphatic heterocycles. The summed E-state index contributed by atoms with van der Waals surface area (Å²) in [6, 6.07) is 6.92. The molecule has 0 unspecified atom stereocenters. The zero-order valence-corrected chi connectivity index (χ0v) is 12.9. The Bertz CT molecular complexity index is 470. The maximum absolute atomic E-state index is 11.8. The Kier molecular flexibility index (Phi) is 5.88. The summed E-state index contributed by atoms with van der Waals surface area (Å²) in [5.41, 5.74) is -0.762. The minimum atomic E-state index is -0.762. The number of rotatable bonds is 5. The zero-order chi connectivity index (χ0) is 15.1. The molecule has 116 valence electrons. The van der Waals surface area contributed by atoms with E-state index in [4.69, 9.17) is 16.3 Å². The Balaban J connectivity index is 1.74. The van der Waals surface area contributed by atoms with E-state index in [1.165, 1.54) is 0 Å². The maximum Gasteiger partial charge on any atom is 0.258 e. The fourth-order valence-corrected chi connectivity index (χ4v) is 2.76. The highest BCUT2D eigenvalue weighted by Crippen LogP contribution is 2.26. The molecule has 0 spiro atoms. The van der Waals surface area contributed by atoms with Gasteiger partial charge in [-0.1, -0.05) is 43.4 Å². The standard InChI is InChI=1S/C16H22ClNO3/c17-13-6-5-7-14(10-13)21-11-15(19)18-12-16(20)8-3-1-2-4-9-16/h5-7,10,20H,1-4,8-9,11-12H2,(H,18,19). The van der Waals surface area contributed by atoms with Crippen LogP contribution in [0.4, 0.5) is 0 Å². The summed E-state index contributed by atoms with van der Waals surface area (Å²) < 4.78 is 5.37. The van der Waals surface area contributed by atoms with Crippen molar-refractivity contribution >= 4 is 17.5 Å². The summed E-state index contributed by atoms with van der Waals surface area (Å²) in [6.45, 7) is 0.223. The average Bonchev–Trinajstić information content (AvgIpc) is 2.68. The van der Waals surface area contributed by atoms with E-state index < -0.39 is 5.60 Å². The predicted molar refractivity (Wildman–Crippen MR) is 82.6 cm³/mol. The van der Waals surface area contributed by atoms with Crippen LogP contribution in [0.3, 0.4) is 0 Å². The van der Waals surface area contributed by atoms with Gasteiger partial charge in [0.15, 0.2) is 6.61 Å². The van der Waals surface area contributed by atoms with Gasteiger partial charge in [-0.2, -0.15) is 0 Å². The Hall–Kier alpha value is -1.26. The molecule has 0 radical (unpaired) electrons. The Labute approximate surface area is 130 Å². The van der Waals surface area contributed by atoms with Gasteiger partial charge in [0.25, 0.3) is 5.91 Å². The fourth-order valence-electron chi connectivity index (χ4n) is 2.58. The van der Waals surface area contributed by atoms with Gasteiger partial charge in [0, 0.05) is 11.6 Å². The molecule has 1 aromatic carbocycles. The summed E-state index contributed by atoms with van der Waals surface area (Å²) >= 11 is 5.84. The lowest BCUT2D eigenvalue weighted by Crippen LogP contribution is -2.44. The number of halogens is 1. The van der Waals surface area contributed by atoms with Gasteiger partial charge in [0.05, 0.1) is 5.60 Å². The van der Waals surface area contributed by atoms with E-state index in [-0.39, 0.29) is 12.5 Å². The van der Waals surface area contributed by atoms with Crippen molar-refractivity contribution in [3.63, 3.8) is 0 Å². The molecule has 1 amide bonds. The lowest BCUT2D eigenvalue weighted by molar-refractivity contribution is -0.124. The molecule has 2 rings (SSSR count). The normalized spacial score (nSPS) is 17.8. The maximum atomic E-state index is 11.8. The second kappa shape index (κ2) is 7.66. The van der Waals surface area contributed by atoms with Gasteiger partial charge in [-0.3, -0.25) is 4.79 Å². The molecule has 1 aromatic rings. The molecule has 1 aliphatic rings. The van der Waals surface area contributed by atoms with Gasteiger partial charge < -0.3 is 15.2 Å². The minimum absolute atomic E-state index is 0.0730. The third-order valence-corrected chi connectivity index (χ3v) is 4.05.